The number of rotatable bonds is 10. The number of amides is 2. The number of carbonyl (C=O) groups excluding carboxylic acids is 3. The molecule has 0 unspecified atom stereocenters. The van der Waals surface area contributed by atoms with Crippen LogP contribution in [0, 0.1) is 5.92 Å². The van der Waals surface area contributed by atoms with E-state index in [0.717, 1.165) is 5.56 Å². The number of benzene rings is 1. The van der Waals surface area contributed by atoms with Gasteiger partial charge in [0.2, 0.25) is 5.91 Å². The Morgan fingerprint density at radius 1 is 1.03 bits per heavy atom. The average molecular weight is 415 g/mol. The van der Waals surface area contributed by atoms with Gasteiger partial charge in [0.25, 0.3) is 5.91 Å². The van der Waals surface area contributed by atoms with Crippen molar-refractivity contribution >= 4 is 17.8 Å². The summed E-state index contributed by atoms with van der Waals surface area (Å²) in [5.74, 6) is -1.31. The standard InChI is InChI=1S/C22H29N3O5/c1-14(2)11-19(25-20(27)17-9-10-18(24-17)22(29)30-3)21(28)23-16(13-26)12-15-7-5-4-6-8-15/h4-10,14,16,19,24,26H,11-13H2,1-3H3,(H,23,28)(H,25,27)/t16-,19-/m0/s1. The van der Waals surface area contributed by atoms with Gasteiger partial charge in [-0.3, -0.25) is 9.59 Å². The van der Waals surface area contributed by atoms with Crippen LogP contribution in [0.1, 0.15) is 46.8 Å². The zero-order valence-corrected chi connectivity index (χ0v) is 17.5. The first kappa shape index (κ1) is 23.2. The largest absolute Gasteiger partial charge is 0.464 e. The summed E-state index contributed by atoms with van der Waals surface area (Å²) in [5.41, 5.74) is 1.29. The molecule has 30 heavy (non-hydrogen) atoms. The first-order valence-electron chi connectivity index (χ1n) is 9.87. The molecule has 8 nitrogen and oxygen atoms in total. The lowest BCUT2D eigenvalue weighted by atomic mass is 10.0. The number of aliphatic hydroxyl groups is 1. The maximum absolute atomic E-state index is 12.8. The molecule has 0 saturated heterocycles. The fraction of sp³-hybridized carbons (Fsp3) is 0.409. The number of carbonyl (C=O) groups is 3. The smallest absolute Gasteiger partial charge is 0.354 e. The van der Waals surface area contributed by atoms with Crippen LogP contribution >= 0.6 is 0 Å². The lowest BCUT2D eigenvalue weighted by molar-refractivity contribution is -0.124. The number of ether oxygens (including phenoxy) is 1. The summed E-state index contributed by atoms with van der Waals surface area (Å²) >= 11 is 0. The van der Waals surface area contributed by atoms with E-state index in [0.29, 0.717) is 12.8 Å². The van der Waals surface area contributed by atoms with Crippen molar-refractivity contribution in [2.24, 2.45) is 5.92 Å². The van der Waals surface area contributed by atoms with Crippen LogP contribution in [0.5, 0.6) is 0 Å². The van der Waals surface area contributed by atoms with E-state index in [1.807, 2.05) is 44.2 Å². The van der Waals surface area contributed by atoms with Crippen molar-refractivity contribution in [3.05, 3.63) is 59.4 Å². The second kappa shape index (κ2) is 11.2. The van der Waals surface area contributed by atoms with Gasteiger partial charge < -0.3 is 25.5 Å². The van der Waals surface area contributed by atoms with Gasteiger partial charge in [-0.2, -0.15) is 0 Å². The molecule has 2 rings (SSSR count). The summed E-state index contributed by atoms with van der Waals surface area (Å²) in [6.07, 6.45) is 0.899. The third-order valence-electron chi connectivity index (χ3n) is 4.56. The molecule has 8 heteroatoms. The van der Waals surface area contributed by atoms with E-state index in [1.165, 1.54) is 19.2 Å². The first-order valence-corrected chi connectivity index (χ1v) is 9.87. The highest BCUT2D eigenvalue weighted by atomic mass is 16.5. The number of nitrogens with one attached hydrogen (secondary N) is 3. The summed E-state index contributed by atoms with van der Waals surface area (Å²) in [5, 5.41) is 15.2. The Kier molecular flexibility index (Phi) is 8.61. The Labute approximate surface area is 176 Å². The van der Waals surface area contributed by atoms with Gasteiger partial charge in [-0.1, -0.05) is 44.2 Å². The summed E-state index contributed by atoms with van der Waals surface area (Å²) in [6.45, 7) is 3.68. The number of H-pyrrole nitrogens is 1. The Morgan fingerprint density at radius 3 is 2.30 bits per heavy atom. The summed E-state index contributed by atoms with van der Waals surface area (Å²) in [7, 11) is 1.25. The first-order chi connectivity index (χ1) is 14.3. The van der Waals surface area contributed by atoms with Crippen molar-refractivity contribution < 1.29 is 24.2 Å². The number of hydrogen-bond acceptors (Lipinski definition) is 5. The van der Waals surface area contributed by atoms with E-state index in [-0.39, 0.29) is 29.8 Å². The van der Waals surface area contributed by atoms with Crippen LogP contribution in [0.3, 0.4) is 0 Å². The molecule has 2 atom stereocenters. The van der Waals surface area contributed by atoms with Crippen molar-refractivity contribution in [1.82, 2.24) is 15.6 Å². The molecular weight excluding hydrogens is 386 g/mol. The van der Waals surface area contributed by atoms with E-state index >= 15 is 0 Å². The number of aromatic nitrogens is 1. The summed E-state index contributed by atoms with van der Waals surface area (Å²) < 4.78 is 4.62. The van der Waals surface area contributed by atoms with Gasteiger partial charge >= 0.3 is 5.97 Å². The van der Waals surface area contributed by atoms with E-state index in [2.05, 4.69) is 20.4 Å². The molecule has 1 heterocycles. The Morgan fingerprint density at radius 2 is 1.70 bits per heavy atom. The molecule has 4 N–H and O–H groups in total. The average Bonchev–Trinajstić information content (AvgIpc) is 3.23. The van der Waals surface area contributed by atoms with Gasteiger partial charge in [0.15, 0.2) is 0 Å². The van der Waals surface area contributed by atoms with Crippen LogP contribution in [0.4, 0.5) is 0 Å². The van der Waals surface area contributed by atoms with E-state index in [4.69, 9.17) is 0 Å². The number of aliphatic hydroxyl groups excluding tert-OH is 1. The van der Waals surface area contributed by atoms with Crippen LogP contribution in [0.25, 0.3) is 0 Å². The minimum absolute atomic E-state index is 0.149. The zero-order chi connectivity index (χ0) is 22.1. The minimum Gasteiger partial charge on any atom is -0.464 e. The molecule has 1 aromatic carbocycles. The molecule has 0 fully saturated rings. The third kappa shape index (κ3) is 6.73. The van der Waals surface area contributed by atoms with Crippen LogP contribution in [0.15, 0.2) is 42.5 Å². The summed E-state index contributed by atoms with van der Waals surface area (Å²) in [6, 6.07) is 11.2. The van der Waals surface area contributed by atoms with Gasteiger partial charge in [0.1, 0.15) is 17.4 Å². The van der Waals surface area contributed by atoms with Crippen LogP contribution in [-0.4, -0.2) is 53.7 Å². The van der Waals surface area contributed by atoms with Crippen molar-refractivity contribution in [3.63, 3.8) is 0 Å². The summed E-state index contributed by atoms with van der Waals surface area (Å²) in [4.78, 5) is 39.7. The third-order valence-corrected chi connectivity index (χ3v) is 4.56. The molecular formula is C22H29N3O5. The van der Waals surface area contributed by atoms with Gasteiger partial charge in [-0.05, 0) is 36.5 Å². The Bertz CT molecular complexity index is 847. The highest BCUT2D eigenvalue weighted by Crippen LogP contribution is 2.09. The fourth-order valence-corrected chi connectivity index (χ4v) is 3.06. The lowest BCUT2D eigenvalue weighted by Gasteiger charge is -2.23. The zero-order valence-electron chi connectivity index (χ0n) is 17.5. The van der Waals surface area contributed by atoms with Crippen molar-refractivity contribution in [1.29, 1.82) is 0 Å². The highest BCUT2D eigenvalue weighted by molar-refractivity contribution is 5.98. The van der Waals surface area contributed by atoms with Gasteiger partial charge in [0.05, 0.1) is 19.8 Å². The maximum Gasteiger partial charge on any atom is 0.354 e. The van der Waals surface area contributed by atoms with Crippen LogP contribution in [-0.2, 0) is 16.0 Å². The van der Waals surface area contributed by atoms with Crippen LogP contribution < -0.4 is 10.6 Å². The molecule has 0 aliphatic carbocycles. The number of aromatic amines is 1. The SMILES string of the molecule is COC(=O)c1ccc(C(=O)N[C@@H](CC(C)C)C(=O)N[C@H](CO)Cc2ccccc2)[nH]1. The van der Waals surface area contributed by atoms with Crippen molar-refractivity contribution in [2.75, 3.05) is 13.7 Å². The topological polar surface area (TPSA) is 121 Å². The molecule has 0 aliphatic rings. The van der Waals surface area contributed by atoms with E-state index in [9.17, 15) is 19.5 Å². The quantitative estimate of drug-likeness (QED) is 0.440. The lowest BCUT2D eigenvalue weighted by Crippen LogP contribution is -2.51. The van der Waals surface area contributed by atoms with Gasteiger partial charge in [0, 0.05) is 0 Å². The predicted octanol–water partition coefficient (Wildman–Crippen LogP) is 1.67. The molecule has 0 saturated carbocycles. The Hall–Kier alpha value is -3.13. The minimum atomic E-state index is -0.785. The molecule has 162 valence electrons. The molecule has 2 amide bonds. The van der Waals surface area contributed by atoms with Crippen LogP contribution in [0.2, 0.25) is 0 Å². The normalized spacial score (nSPS) is 12.8. The molecule has 0 bridgehead atoms. The van der Waals surface area contributed by atoms with Gasteiger partial charge in [-0.15, -0.1) is 0 Å². The maximum atomic E-state index is 12.8. The predicted molar refractivity (Wildman–Crippen MR) is 112 cm³/mol. The van der Waals surface area contributed by atoms with Crippen molar-refractivity contribution in [2.45, 2.75) is 38.8 Å². The Balaban J connectivity index is 2.05. The number of esters is 1. The van der Waals surface area contributed by atoms with Crippen molar-refractivity contribution in [3.8, 4) is 0 Å². The van der Waals surface area contributed by atoms with E-state index in [1.54, 1.807) is 0 Å². The van der Waals surface area contributed by atoms with E-state index < -0.39 is 24.0 Å². The molecule has 0 spiro atoms. The monoisotopic (exact) mass is 415 g/mol. The number of hydrogen-bond donors (Lipinski definition) is 4. The molecule has 1 aromatic heterocycles. The highest BCUT2D eigenvalue weighted by Gasteiger charge is 2.25. The number of methoxy groups -OCH3 is 1. The van der Waals surface area contributed by atoms with Gasteiger partial charge in [-0.25, -0.2) is 4.79 Å². The molecule has 0 radical (unpaired) electrons. The fourth-order valence-electron chi connectivity index (χ4n) is 3.06. The molecule has 0 aliphatic heterocycles. The molecule has 2 aromatic rings. The second-order valence-corrected chi connectivity index (χ2v) is 7.51. The second-order valence-electron chi connectivity index (χ2n) is 7.51.